The lowest BCUT2D eigenvalue weighted by Gasteiger charge is -2.36. The zero-order valence-electron chi connectivity index (χ0n) is 16.7. The van der Waals surface area contributed by atoms with Crippen molar-refractivity contribution in [3.8, 4) is 0 Å². The fraction of sp³-hybridized carbons (Fsp3) is 0.318. The highest BCUT2D eigenvalue weighted by Crippen LogP contribution is 2.61. The first-order valence-electron chi connectivity index (χ1n) is 10.2. The number of nitrogens with one attached hydrogen (secondary N) is 1. The van der Waals surface area contributed by atoms with Gasteiger partial charge in [0.05, 0.1) is 34.3 Å². The minimum atomic E-state index is -1.53. The van der Waals surface area contributed by atoms with Gasteiger partial charge in [0, 0.05) is 33.2 Å². The summed E-state index contributed by atoms with van der Waals surface area (Å²) in [6, 6.07) is 7.05. The maximum absolute atomic E-state index is 13.9. The van der Waals surface area contributed by atoms with E-state index in [9.17, 15) is 19.5 Å². The Labute approximate surface area is 208 Å². The number of aliphatic hydroxyl groups is 1. The second-order valence-electron chi connectivity index (χ2n) is 8.78. The standard InChI is InChI=1S/C22H15Cl4N3O4/c23-8-1-9(24)3-11(2-8)29-19(31)16-15-6-12(30)7-28(15)22(17(16)20(29)32)13-4-10(25)5-14(26)18(13)27-21(22)33/h1-5,12,15-17,30H,6-7H2,(H,27,33)/t12-,15?,16?,17?,22?/m0/s1. The zero-order valence-corrected chi connectivity index (χ0v) is 19.7. The summed E-state index contributed by atoms with van der Waals surface area (Å²) in [4.78, 5) is 44.1. The van der Waals surface area contributed by atoms with Gasteiger partial charge in [-0.2, -0.15) is 0 Å². The van der Waals surface area contributed by atoms with Crippen molar-refractivity contribution in [3.63, 3.8) is 0 Å². The molecule has 4 aliphatic heterocycles. The highest BCUT2D eigenvalue weighted by atomic mass is 35.5. The van der Waals surface area contributed by atoms with Gasteiger partial charge in [-0.05, 0) is 36.8 Å². The Bertz CT molecular complexity index is 1270. The minimum Gasteiger partial charge on any atom is -0.392 e. The number of fused-ring (bicyclic) bond motifs is 7. The lowest BCUT2D eigenvalue weighted by atomic mass is 9.75. The predicted molar refractivity (Wildman–Crippen MR) is 124 cm³/mol. The average molecular weight is 527 g/mol. The smallest absolute Gasteiger partial charge is 0.250 e. The summed E-state index contributed by atoms with van der Waals surface area (Å²) in [5.74, 6) is -3.34. The number of aliphatic hydroxyl groups excluding tert-OH is 1. The molecule has 3 amide bonds. The Morgan fingerprint density at radius 3 is 2.30 bits per heavy atom. The largest absolute Gasteiger partial charge is 0.392 e. The van der Waals surface area contributed by atoms with Crippen LogP contribution < -0.4 is 10.2 Å². The highest BCUT2D eigenvalue weighted by Gasteiger charge is 2.75. The van der Waals surface area contributed by atoms with Crippen LogP contribution in [0.4, 0.5) is 11.4 Å². The molecule has 4 unspecified atom stereocenters. The molecule has 0 bridgehead atoms. The Morgan fingerprint density at radius 2 is 1.61 bits per heavy atom. The van der Waals surface area contributed by atoms with Crippen molar-refractivity contribution in [1.29, 1.82) is 0 Å². The molecule has 1 spiro atoms. The normalized spacial score (nSPS) is 32.5. The van der Waals surface area contributed by atoms with Gasteiger partial charge in [0.2, 0.25) is 11.8 Å². The van der Waals surface area contributed by atoms with Gasteiger partial charge in [-0.1, -0.05) is 46.4 Å². The maximum Gasteiger partial charge on any atom is 0.250 e. The summed E-state index contributed by atoms with van der Waals surface area (Å²) in [5, 5.41) is 14.3. The van der Waals surface area contributed by atoms with E-state index in [1.54, 1.807) is 11.0 Å². The van der Waals surface area contributed by atoms with Crippen molar-refractivity contribution in [1.82, 2.24) is 4.90 Å². The molecule has 4 heterocycles. The molecule has 2 N–H and O–H groups in total. The predicted octanol–water partition coefficient (Wildman–Crippen LogP) is 3.70. The number of amides is 3. The van der Waals surface area contributed by atoms with Crippen LogP contribution in [0.5, 0.6) is 0 Å². The van der Waals surface area contributed by atoms with Crippen LogP contribution >= 0.6 is 46.4 Å². The molecule has 170 valence electrons. The molecule has 6 rings (SSSR count). The third kappa shape index (κ3) is 2.69. The third-order valence-corrected chi connectivity index (χ3v) is 8.10. The van der Waals surface area contributed by atoms with Gasteiger partial charge >= 0.3 is 0 Å². The van der Waals surface area contributed by atoms with Crippen LogP contribution in [0.25, 0.3) is 0 Å². The quantitative estimate of drug-likeness (QED) is 0.553. The van der Waals surface area contributed by atoms with E-state index < -0.39 is 47.2 Å². The minimum absolute atomic E-state index is 0.137. The first-order chi connectivity index (χ1) is 15.6. The molecular weight excluding hydrogens is 512 g/mol. The Balaban J connectivity index is 1.58. The fourth-order valence-electron chi connectivity index (χ4n) is 6.14. The van der Waals surface area contributed by atoms with Crippen LogP contribution in [0.1, 0.15) is 12.0 Å². The molecule has 5 atom stereocenters. The number of benzene rings is 2. The monoisotopic (exact) mass is 525 g/mol. The summed E-state index contributed by atoms with van der Waals surface area (Å²) in [6.45, 7) is 0.137. The first-order valence-corrected chi connectivity index (χ1v) is 11.8. The van der Waals surface area contributed by atoms with E-state index in [-0.39, 0.29) is 33.7 Å². The van der Waals surface area contributed by atoms with E-state index in [1.807, 2.05) is 0 Å². The van der Waals surface area contributed by atoms with Crippen LogP contribution in [-0.4, -0.2) is 46.4 Å². The van der Waals surface area contributed by atoms with E-state index in [1.165, 1.54) is 24.3 Å². The van der Waals surface area contributed by atoms with Gasteiger partial charge in [-0.3, -0.25) is 19.3 Å². The van der Waals surface area contributed by atoms with Crippen molar-refractivity contribution in [2.75, 3.05) is 16.8 Å². The first kappa shape index (κ1) is 21.6. The number of nitrogens with zero attached hydrogens (tertiary/aromatic N) is 2. The number of anilines is 2. The van der Waals surface area contributed by atoms with E-state index >= 15 is 0 Å². The number of carbonyl (C=O) groups excluding carboxylic acids is 3. The molecule has 33 heavy (non-hydrogen) atoms. The lowest BCUT2D eigenvalue weighted by molar-refractivity contribution is -0.135. The second-order valence-corrected chi connectivity index (χ2v) is 10.5. The Morgan fingerprint density at radius 1 is 0.939 bits per heavy atom. The van der Waals surface area contributed by atoms with E-state index in [4.69, 9.17) is 46.4 Å². The Hall–Kier alpha value is -1.87. The number of carbonyl (C=O) groups is 3. The van der Waals surface area contributed by atoms with Gasteiger partial charge in [-0.25, -0.2) is 4.90 Å². The average Bonchev–Trinajstić information content (AvgIpc) is 3.37. The van der Waals surface area contributed by atoms with Gasteiger partial charge in [0.1, 0.15) is 5.54 Å². The van der Waals surface area contributed by atoms with E-state index in [0.29, 0.717) is 16.3 Å². The van der Waals surface area contributed by atoms with E-state index in [2.05, 4.69) is 5.32 Å². The summed E-state index contributed by atoms with van der Waals surface area (Å²) in [5.41, 5.74) is -0.499. The molecular formula is C22H15Cl4N3O4. The number of halogens is 4. The van der Waals surface area contributed by atoms with Gasteiger partial charge in [-0.15, -0.1) is 0 Å². The summed E-state index contributed by atoms with van der Waals surface area (Å²) in [7, 11) is 0. The molecule has 11 heteroatoms. The van der Waals surface area contributed by atoms with Gasteiger partial charge < -0.3 is 10.4 Å². The summed E-state index contributed by atoms with van der Waals surface area (Å²) in [6.07, 6.45) is -0.500. The van der Waals surface area contributed by atoms with Crippen LogP contribution in [-0.2, 0) is 19.9 Å². The number of hydrogen-bond acceptors (Lipinski definition) is 5. The Kier molecular flexibility index (Phi) is 4.64. The topological polar surface area (TPSA) is 90.0 Å². The zero-order chi connectivity index (χ0) is 23.4. The summed E-state index contributed by atoms with van der Waals surface area (Å²) < 4.78 is 0. The number of rotatable bonds is 1. The molecule has 2 aromatic carbocycles. The van der Waals surface area contributed by atoms with Crippen LogP contribution in [0, 0.1) is 11.8 Å². The second kappa shape index (κ2) is 7.07. The molecule has 3 fully saturated rings. The molecule has 4 aliphatic rings. The van der Waals surface area contributed by atoms with Crippen molar-refractivity contribution in [2.45, 2.75) is 24.1 Å². The SMILES string of the molecule is O=C1C2C3C[C@H](O)CN3C3(C(=O)Nc4c(Cl)cc(Cl)cc43)C2C(=O)N1c1cc(Cl)cc(Cl)c1. The van der Waals surface area contributed by atoms with Crippen LogP contribution in [0.15, 0.2) is 30.3 Å². The molecule has 2 aromatic rings. The third-order valence-electron chi connectivity index (χ3n) is 7.15. The van der Waals surface area contributed by atoms with E-state index in [0.717, 1.165) is 4.90 Å². The number of hydrogen-bond donors (Lipinski definition) is 2. The highest BCUT2D eigenvalue weighted by molar-refractivity contribution is 6.38. The molecule has 0 aliphatic carbocycles. The maximum atomic E-state index is 13.9. The van der Waals surface area contributed by atoms with Crippen molar-refractivity contribution in [3.05, 3.63) is 56.0 Å². The van der Waals surface area contributed by atoms with Crippen LogP contribution in [0.3, 0.4) is 0 Å². The van der Waals surface area contributed by atoms with Crippen molar-refractivity contribution < 1.29 is 19.5 Å². The fourth-order valence-corrected chi connectivity index (χ4v) is 7.19. The van der Waals surface area contributed by atoms with Gasteiger partial charge in [0.25, 0.3) is 5.91 Å². The van der Waals surface area contributed by atoms with Crippen molar-refractivity contribution >= 4 is 75.5 Å². The molecule has 0 radical (unpaired) electrons. The molecule has 3 saturated heterocycles. The molecule has 7 nitrogen and oxygen atoms in total. The van der Waals surface area contributed by atoms with Gasteiger partial charge in [0.15, 0.2) is 0 Å². The number of imide groups is 1. The van der Waals surface area contributed by atoms with Crippen LogP contribution in [0.2, 0.25) is 20.1 Å². The lowest BCUT2D eigenvalue weighted by Crippen LogP contribution is -2.54. The van der Waals surface area contributed by atoms with Crippen molar-refractivity contribution in [2.24, 2.45) is 11.8 Å². The molecule has 0 aromatic heterocycles. The summed E-state index contributed by atoms with van der Waals surface area (Å²) >= 11 is 24.9. The molecule has 0 saturated carbocycles.